The summed E-state index contributed by atoms with van der Waals surface area (Å²) in [4.78, 5) is 25.8. The predicted molar refractivity (Wildman–Crippen MR) is 81.5 cm³/mol. The lowest BCUT2D eigenvalue weighted by atomic mass is 10.1. The van der Waals surface area contributed by atoms with Crippen molar-refractivity contribution in [3.8, 4) is 5.75 Å². The maximum Gasteiger partial charge on any atom is 0.307 e. The third-order valence-electron chi connectivity index (χ3n) is 3.63. The molecule has 0 aromatic heterocycles. The molecule has 22 heavy (non-hydrogen) atoms. The number of carbonyl (C=O) groups excluding carboxylic acids is 2. The van der Waals surface area contributed by atoms with Gasteiger partial charge in [-0.15, -0.1) is 0 Å². The van der Waals surface area contributed by atoms with Gasteiger partial charge in [0.1, 0.15) is 11.8 Å². The molecule has 1 saturated heterocycles. The number of ether oxygens (including phenoxy) is 2. The van der Waals surface area contributed by atoms with Crippen molar-refractivity contribution in [1.29, 1.82) is 0 Å². The summed E-state index contributed by atoms with van der Waals surface area (Å²) in [7, 11) is 1.62. The van der Waals surface area contributed by atoms with E-state index < -0.39 is 6.04 Å². The van der Waals surface area contributed by atoms with Gasteiger partial charge in [0.15, 0.2) is 0 Å². The first-order valence-corrected chi connectivity index (χ1v) is 7.44. The molecule has 0 spiro atoms. The van der Waals surface area contributed by atoms with Crippen molar-refractivity contribution in [2.24, 2.45) is 0 Å². The topological polar surface area (TPSA) is 67.9 Å². The molecule has 1 aromatic carbocycles. The van der Waals surface area contributed by atoms with Crippen LogP contribution in [0.4, 0.5) is 0 Å². The zero-order valence-electron chi connectivity index (χ0n) is 13.0. The third kappa shape index (κ3) is 4.21. The summed E-state index contributed by atoms with van der Waals surface area (Å²) >= 11 is 0. The minimum Gasteiger partial charge on any atom is -0.497 e. The van der Waals surface area contributed by atoms with E-state index in [2.05, 4.69) is 5.32 Å². The van der Waals surface area contributed by atoms with Crippen LogP contribution < -0.4 is 10.1 Å². The van der Waals surface area contributed by atoms with Crippen LogP contribution in [-0.2, 0) is 20.9 Å². The van der Waals surface area contributed by atoms with Gasteiger partial charge < -0.3 is 14.8 Å². The molecule has 1 atom stereocenters. The normalized spacial score (nSPS) is 18.6. The van der Waals surface area contributed by atoms with Gasteiger partial charge in [0, 0.05) is 19.6 Å². The van der Waals surface area contributed by atoms with E-state index in [4.69, 9.17) is 9.47 Å². The molecule has 1 heterocycles. The molecule has 1 aliphatic heterocycles. The van der Waals surface area contributed by atoms with E-state index >= 15 is 0 Å². The second-order valence-corrected chi connectivity index (χ2v) is 5.14. The Morgan fingerprint density at radius 3 is 3.00 bits per heavy atom. The van der Waals surface area contributed by atoms with Gasteiger partial charge in [-0.05, 0) is 24.6 Å². The predicted octanol–water partition coefficient (Wildman–Crippen LogP) is 0.949. The highest BCUT2D eigenvalue weighted by Crippen LogP contribution is 2.18. The number of nitrogens with zero attached hydrogens (tertiary/aromatic N) is 1. The number of nitrogens with one attached hydrogen (secondary N) is 1. The second kappa shape index (κ2) is 7.79. The molecule has 0 radical (unpaired) electrons. The van der Waals surface area contributed by atoms with Gasteiger partial charge in [0.05, 0.1) is 20.1 Å². The molecular weight excluding hydrogens is 284 g/mol. The number of esters is 1. The van der Waals surface area contributed by atoms with Gasteiger partial charge in [-0.25, -0.2) is 0 Å². The zero-order valence-corrected chi connectivity index (χ0v) is 13.0. The number of rotatable bonds is 6. The summed E-state index contributed by atoms with van der Waals surface area (Å²) in [6, 6.07) is 7.23. The Morgan fingerprint density at radius 1 is 1.45 bits per heavy atom. The van der Waals surface area contributed by atoms with E-state index in [9.17, 15) is 9.59 Å². The van der Waals surface area contributed by atoms with Crippen molar-refractivity contribution in [3.63, 3.8) is 0 Å². The lowest BCUT2D eigenvalue weighted by Gasteiger charge is -2.34. The number of amides is 1. The van der Waals surface area contributed by atoms with Gasteiger partial charge in [-0.2, -0.15) is 0 Å². The van der Waals surface area contributed by atoms with Gasteiger partial charge in [-0.3, -0.25) is 14.5 Å². The molecule has 1 aliphatic rings. The van der Waals surface area contributed by atoms with E-state index in [1.165, 1.54) is 0 Å². The fourth-order valence-corrected chi connectivity index (χ4v) is 2.56. The Balaban J connectivity index is 2.08. The highest BCUT2D eigenvalue weighted by Gasteiger charge is 2.32. The minimum absolute atomic E-state index is 0.0731. The first-order valence-electron chi connectivity index (χ1n) is 7.44. The Kier molecular flexibility index (Phi) is 5.77. The van der Waals surface area contributed by atoms with Gasteiger partial charge in [0.2, 0.25) is 5.91 Å². The largest absolute Gasteiger partial charge is 0.497 e. The molecule has 6 heteroatoms. The van der Waals surface area contributed by atoms with Crippen molar-refractivity contribution in [2.45, 2.75) is 25.9 Å². The Labute approximate surface area is 130 Å². The molecule has 1 aromatic rings. The lowest BCUT2D eigenvalue weighted by molar-refractivity contribution is -0.148. The van der Waals surface area contributed by atoms with Gasteiger partial charge >= 0.3 is 5.97 Å². The Morgan fingerprint density at radius 2 is 2.27 bits per heavy atom. The number of benzene rings is 1. The summed E-state index contributed by atoms with van der Waals surface area (Å²) in [5.74, 6) is 0.309. The Bertz CT molecular complexity index is 533. The quantitative estimate of drug-likeness (QED) is 0.793. The summed E-state index contributed by atoms with van der Waals surface area (Å²) in [5, 5.41) is 2.80. The van der Waals surface area contributed by atoms with Crippen molar-refractivity contribution in [2.75, 3.05) is 26.8 Å². The van der Waals surface area contributed by atoms with Crippen molar-refractivity contribution in [3.05, 3.63) is 29.8 Å². The summed E-state index contributed by atoms with van der Waals surface area (Å²) in [6.45, 7) is 3.96. The zero-order chi connectivity index (χ0) is 15.9. The lowest BCUT2D eigenvalue weighted by Crippen LogP contribution is -2.55. The molecule has 0 unspecified atom stereocenters. The molecule has 0 aliphatic carbocycles. The SMILES string of the molecule is CCOC(=O)C[C@H]1C(=O)NCCN1Cc1cccc(OC)c1. The number of piperazine rings is 1. The number of hydrogen-bond donors (Lipinski definition) is 1. The average Bonchev–Trinajstić information content (AvgIpc) is 2.51. The highest BCUT2D eigenvalue weighted by molar-refractivity contribution is 5.87. The van der Waals surface area contributed by atoms with Crippen LogP contribution in [0.3, 0.4) is 0 Å². The third-order valence-corrected chi connectivity index (χ3v) is 3.63. The molecule has 6 nitrogen and oxygen atoms in total. The van der Waals surface area contributed by atoms with Crippen LogP contribution >= 0.6 is 0 Å². The highest BCUT2D eigenvalue weighted by atomic mass is 16.5. The van der Waals surface area contributed by atoms with Crippen LogP contribution in [0, 0.1) is 0 Å². The molecule has 0 saturated carbocycles. The van der Waals surface area contributed by atoms with E-state index in [0.717, 1.165) is 11.3 Å². The molecular formula is C16H22N2O4. The van der Waals surface area contributed by atoms with E-state index in [1.54, 1.807) is 14.0 Å². The van der Waals surface area contributed by atoms with E-state index in [0.29, 0.717) is 26.2 Å². The van der Waals surface area contributed by atoms with Crippen LogP contribution in [-0.4, -0.2) is 49.6 Å². The van der Waals surface area contributed by atoms with E-state index in [1.807, 2.05) is 29.2 Å². The monoisotopic (exact) mass is 306 g/mol. The maximum absolute atomic E-state index is 12.1. The van der Waals surface area contributed by atoms with Crippen molar-refractivity contribution in [1.82, 2.24) is 10.2 Å². The molecule has 1 N–H and O–H groups in total. The van der Waals surface area contributed by atoms with Gasteiger partial charge in [-0.1, -0.05) is 12.1 Å². The van der Waals surface area contributed by atoms with Crippen LogP contribution in [0.1, 0.15) is 18.9 Å². The first kappa shape index (κ1) is 16.3. The van der Waals surface area contributed by atoms with Gasteiger partial charge in [0.25, 0.3) is 0 Å². The standard InChI is InChI=1S/C16H22N2O4/c1-3-22-15(19)10-14-16(20)17-7-8-18(14)11-12-5-4-6-13(9-12)21-2/h4-6,9,14H,3,7-8,10-11H2,1-2H3,(H,17,20)/t14-/m0/s1. The fraction of sp³-hybridized carbons (Fsp3) is 0.500. The van der Waals surface area contributed by atoms with Crippen LogP contribution in [0.15, 0.2) is 24.3 Å². The molecule has 2 rings (SSSR count). The van der Waals surface area contributed by atoms with Crippen LogP contribution in [0.25, 0.3) is 0 Å². The van der Waals surface area contributed by atoms with Crippen molar-refractivity contribution >= 4 is 11.9 Å². The molecule has 1 fully saturated rings. The van der Waals surface area contributed by atoms with Crippen LogP contribution in [0.5, 0.6) is 5.75 Å². The molecule has 0 bridgehead atoms. The second-order valence-electron chi connectivity index (χ2n) is 5.14. The van der Waals surface area contributed by atoms with Crippen molar-refractivity contribution < 1.29 is 19.1 Å². The summed E-state index contributed by atoms with van der Waals surface area (Å²) in [5.41, 5.74) is 1.04. The summed E-state index contributed by atoms with van der Waals surface area (Å²) < 4.78 is 10.2. The first-order chi connectivity index (χ1) is 10.6. The minimum atomic E-state index is -0.487. The number of methoxy groups -OCH3 is 1. The summed E-state index contributed by atoms with van der Waals surface area (Å²) in [6.07, 6.45) is 0.0731. The number of hydrogen-bond acceptors (Lipinski definition) is 5. The van der Waals surface area contributed by atoms with E-state index in [-0.39, 0.29) is 18.3 Å². The average molecular weight is 306 g/mol. The van der Waals surface area contributed by atoms with Crippen LogP contribution in [0.2, 0.25) is 0 Å². The number of carbonyl (C=O) groups is 2. The molecule has 1 amide bonds. The molecule has 120 valence electrons. The fourth-order valence-electron chi connectivity index (χ4n) is 2.56. The smallest absolute Gasteiger partial charge is 0.307 e. The maximum atomic E-state index is 12.1. The Hall–Kier alpha value is -2.08.